The molecule has 0 bridgehead atoms. The largest absolute Gasteiger partial charge is 0.465 e. The van der Waals surface area contributed by atoms with Crippen molar-refractivity contribution in [3.63, 3.8) is 0 Å². The maximum absolute atomic E-state index is 11.7. The van der Waals surface area contributed by atoms with Crippen LogP contribution in [-0.4, -0.2) is 24.2 Å². The molecule has 0 radical (unpaired) electrons. The predicted molar refractivity (Wildman–Crippen MR) is 73.3 cm³/mol. The first-order valence-electron chi connectivity index (χ1n) is 6.90. The van der Waals surface area contributed by atoms with Crippen LogP contribution in [0.2, 0.25) is 0 Å². The summed E-state index contributed by atoms with van der Waals surface area (Å²) in [6.07, 6.45) is 9.25. The van der Waals surface area contributed by atoms with Crippen LogP contribution in [0.25, 0.3) is 6.08 Å². The third-order valence-electron chi connectivity index (χ3n) is 3.78. The molecule has 0 aromatic carbocycles. The van der Waals surface area contributed by atoms with E-state index in [2.05, 4.69) is 5.32 Å². The van der Waals surface area contributed by atoms with Gasteiger partial charge in [-0.2, -0.15) is 0 Å². The monoisotopic (exact) mass is 263 g/mol. The zero-order chi connectivity index (χ0) is 13.5. The molecular weight excluding hydrogens is 242 g/mol. The molecule has 2 atom stereocenters. The van der Waals surface area contributed by atoms with Gasteiger partial charge in [-0.3, -0.25) is 4.79 Å². The normalized spacial score (nSPS) is 23.6. The van der Waals surface area contributed by atoms with Crippen molar-refractivity contribution < 1.29 is 14.3 Å². The van der Waals surface area contributed by atoms with E-state index in [0.29, 0.717) is 24.1 Å². The summed E-state index contributed by atoms with van der Waals surface area (Å²) < 4.78 is 5.11. The number of aliphatic hydroxyl groups is 1. The molecule has 4 nitrogen and oxygen atoms in total. The van der Waals surface area contributed by atoms with Gasteiger partial charge in [-0.15, -0.1) is 0 Å². The molecule has 0 spiro atoms. The minimum atomic E-state index is -0.112. The fraction of sp³-hybridized carbons (Fsp3) is 0.533. The van der Waals surface area contributed by atoms with E-state index in [1.807, 2.05) is 0 Å². The van der Waals surface area contributed by atoms with Crippen molar-refractivity contribution in [1.29, 1.82) is 0 Å². The summed E-state index contributed by atoms with van der Waals surface area (Å²) in [6.45, 7) is 0.870. The number of nitrogens with one attached hydrogen (secondary N) is 1. The second-order valence-corrected chi connectivity index (χ2v) is 5.08. The third kappa shape index (κ3) is 4.24. The van der Waals surface area contributed by atoms with Crippen LogP contribution in [0.1, 0.15) is 31.4 Å². The summed E-state index contributed by atoms with van der Waals surface area (Å²) >= 11 is 0. The first-order chi connectivity index (χ1) is 9.29. The Morgan fingerprint density at radius 2 is 2.21 bits per heavy atom. The first kappa shape index (κ1) is 13.9. The highest BCUT2D eigenvalue weighted by Gasteiger charge is 2.24. The summed E-state index contributed by atoms with van der Waals surface area (Å²) in [5.74, 6) is 1.29. The smallest absolute Gasteiger partial charge is 0.244 e. The lowest BCUT2D eigenvalue weighted by Crippen LogP contribution is -2.34. The number of aliphatic hydroxyl groups excluding tert-OH is 1. The molecule has 0 saturated heterocycles. The average Bonchev–Trinajstić information content (AvgIpc) is 2.96. The van der Waals surface area contributed by atoms with Crippen LogP contribution in [0.4, 0.5) is 0 Å². The highest BCUT2D eigenvalue weighted by atomic mass is 16.3. The summed E-state index contributed by atoms with van der Waals surface area (Å²) in [5, 5.41) is 12.2. The molecule has 1 amide bonds. The van der Waals surface area contributed by atoms with Gasteiger partial charge in [-0.05, 0) is 42.9 Å². The van der Waals surface area contributed by atoms with Gasteiger partial charge >= 0.3 is 0 Å². The van der Waals surface area contributed by atoms with Gasteiger partial charge in [0.05, 0.1) is 6.26 Å². The van der Waals surface area contributed by atoms with Crippen LogP contribution in [0.5, 0.6) is 0 Å². The maximum atomic E-state index is 11.7. The predicted octanol–water partition coefficient (Wildman–Crippen LogP) is 2.21. The number of rotatable bonds is 5. The van der Waals surface area contributed by atoms with Crippen molar-refractivity contribution in [1.82, 2.24) is 5.32 Å². The summed E-state index contributed by atoms with van der Waals surface area (Å²) in [7, 11) is 0. The van der Waals surface area contributed by atoms with E-state index in [0.717, 1.165) is 12.8 Å². The van der Waals surface area contributed by atoms with Crippen LogP contribution in [0.3, 0.4) is 0 Å². The Bertz CT molecular complexity index is 411. The van der Waals surface area contributed by atoms with E-state index in [-0.39, 0.29) is 12.5 Å². The Kier molecular flexibility index (Phi) is 5.21. The Morgan fingerprint density at radius 3 is 2.89 bits per heavy atom. The molecule has 104 valence electrons. The SMILES string of the molecule is O=C(C=Cc1ccco1)NCC1CCCCC1CO. The van der Waals surface area contributed by atoms with Gasteiger partial charge in [0.25, 0.3) is 0 Å². The van der Waals surface area contributed by atoms with Crippen LogP contribution in [-0.2, 0) is 4.79 Å². The van der Waals surface area contributed by atoms with Crippen molar-refractivity contribution in [2.45, 2.75) is 25.7 Å². The summed E-state index contributed by atoms with van der Waals surface area (Å²) in [6, 6.07) is 3.58. The van der Waals surface area contributed by atoms with Crippen LogP contribution in [0, 0.1) is 11.8 Å². The Labute approximate surface area is 113 Å². The van der Waals surface area contributed by atoms with Crippen molar-refractivity contribution in [3.8, 4) is 0 Å². The second kappa shape index (κ2) is 7.14. The zero-order valence-electron chi connectivity index (χ0n) is 11.0. The number of hydrogen-bond acceptors (Lipinski definition) is 3. The highest BCUT2D eigenvalue weighted by Crippen LogP contribution is 2.28. The third-order valence-corrected chi connectivity index (χ3v) is 3.78. The maximum Gasteiger partial charge on any atom is 0.244 e. The molecule has 1 aliphatic rings. The summed E-state index contributed by atoms with van der Waals surface area (Å²) in [4.78, 5) is 11.7. The lowest BCUT2D eigenvalue weighted by molar-refractivity contribution is -0.116. The summed E-state index contributed by atoms with van der Waals surface area (Å²) in [5.41, 5.74) is 0. The van der Waals surface area contributed by atoms with Crippen LogP contribution in [0.15, 0.2) is 28.9 Å². The quantitative estimate of drug-likeness (QED) is 0.801. The van der Waals surface area contributed by atoms with Crippen molar-refractivity contribution >= 4 is 12.0 Å². The molecule has 1 fully saturated rings. The molecule has 1 saturated carbocycles. The fourth-order valence-electron chi connectivity index (χ4n) is 2.63. The number of carbonyl (C=O) groups excluding carboxylic acids is 1. The van der Waals surface area contributed by atoms with Crippen molar-refractivity contribution in [2.24, 2.45) is 11.8 Å². The molecule has 2 unspecified atom stereocenters. The van der Waals surface area contributed by atoms with E-state index < -0.39 is 0 Å². The molecule has 1 aromatic rings. The molecular formula is C15H21NO3. The zero-order valence-corrected chi connectivity index (χ0v) is 11.0. The Balaban J connectivity index is 1.76. The lowest BCUT2D eigenvalue weighted by Gasteiger charge is -2.30. The standard InChI is InChI=1S/C15H21NO3/c17-11-13-5-2-1-4-12(13)10-16-15(18)8-7-14-6-3-9-19-14/h3,6-9,12-13,17H,1-2,4-5,10-11H2,(H,16,18). The minimum Gasteiger partial charge on any atom is -0.465 e. The molecule has 1 aliphatic carbocycles. The van der Waals surface area contributed by atoms with Gasteiger partial charge in [-0.1, -0.05) is 12.8 Å². The molecule has 2 N–H and O–H groups in total. The number of carbonyl (C=O) groups is 1. The molecule has 1 aromatic heterocycles. The topological polar surface area (TPSA) is 62.5 Å². The molecule has 19 heavy (non-hydrogen) atoms. The Hall–Kier alpha value is -1.55. The first-order valence-corrected chi connectivity index (χ1v) is 6.90. The fourth-order valence-corrected chi connectivity index (χ4v) is 2.63. The van der Waals surface area contributed by atoms with Gasteiger partial charge < -0.3 is 14.8 Å². The molecule has 1 heterocycles. The van der Waals surface area contributed by atoms with Crippen LogP contribution >= 0.6 is 0 Å². The molecule has 0 aliphatic heterocycles. The van der Waals surface area contributed by atoms with E-state index in [1.54, 1.807) is 24.5 Å². The van der Waals surface area contributed by atoms with E-state index in [9.17, 15) is 9.90 Å². The number of amides is 1. The van der Waals surface area contributed by atoms with Crippen LogP contribution < -0.4 is 5.32 Å². The molecule has 2 rings (SSSR count). The lowest BCUT2D eigenvalue weighted by atomic mass is 9.79. The number of hydrogen-bond donors (Lipinski definition) is 2. The van der Waals surface area contributed by atoms with Gasteiger partial charge in [0.2, 0.25) is 5.91 Å². The minimum absolute atomic E-state index is 0.112. The van der Waals surface area contributed by atoms with Gasteiger partial charge in [0.15, 0.2) is 0 Å². The van der Waals surface area contributed by atoms with Crippen molar-refractivity contribution in [3.05, 3.63) is 30.2 Å². The van der Waals surface area contributed by atoms with Crippen molar-refractivity contribution in [2.75, 3.05) is 13.2 Å². The Morgan fingerprint density at radius 1 is 1.42 bits per heavy atom. The van der Waals surface area contributed by atoms with Gasteiger partial charge in [0.1, 0.15) is 5.76 Å². The van der Waals surface area contributed by atoms with E-state index >= 15 is 0 Å². The number of furan rings is 1. The second-order valence-electron chi connectivity index (χ2n) is 5.08. The highest BCUT2D eigenvalue weighted by molar-refractivity contribution is 5.91. The van der Waals surface area contributed by atoms with Gasteiger partial charge in [0, 0.05) is 19.2 Å². The van der Waals surface area contributed by atoms with E-state index in [4.69, 9.17) is 4.42 Å². The van der Waals surface area contributed by atoms with E-state index in [1.165, 1.54) is 18.9 Å². The molecule has 4 heteroatoms. The average molecular weight is 263 g/mol. The van der Waals surface area contributed by atoms with Gasteiger partial charge in [-0.25, -0.2) is 0 Å².